The standard InChI is InChI=1S/C35H32N2O4.C2H6/c1-4-35(5-2)30-19-13-12-18-28(30)29-21-20-27(23-31(29)35)32(37-41-34(39)26-16-10-7-11-17-26)22-24(3)36-40-33(38)25-14-8-6-9-15-25;1-2/h6-21,23H,4-5,22H2,1-3H3;1-2H3/b36-24+,37-32+;. The van der Waals surface area contributed by atoms with Gasteiger partial charge >= 0.3 is 11.9 Å². The Hall–Kier alpha value is -4.84. The molecule has 5 rings (SSSR count). The van der Waals surface area contributed by atoms with Crippen LogP contribution in [0, 0.1) is 0 Å². The van der Waals surface area contributed by atoms with Gasteiger partial charge in [-0.25, -0.2) is 9.59 Å². The maximum Gasteiger partial charge on any atom is 0.365 e. The maximum absolute atomic E-state index is 12.7. The van der Waals surface area contributed by atoms with E-state index >= 15 is 0 Å². The molecular formula is C37H38N2O4. The lowest BCUT2D eigenvalue weighted by Crippen LogP contribution is -2.23. The van der Waals surface area contributed by atoms with Gasteiger partial charge in [-0.2, -0.15) is 0 Å². The van der Waals surface area contributed by atoms with E-state index in [0.717, 1.165) is 18.4 Å². The Balaban J connectivity index is 0.00000207. The molecule has 220 valence electrons. The van der Waals surface area contributed by atoms with Crippen molar-refractivity contribution >= 4 is 23.4 Å². The number of fused-ring (bicyclic) bond motifs is 3. The van der Waals surface area contributed by atoms with Crippen molar-refractivity contribution in [1.82, 2.24) is 0 Å². The molecule has 0 saturated carbocycles. The van der Waals surface area contributed by atoms with Crippen LogP contribution in [0.2, 0.25) is 0 Å². The molecular weight excluding hydrogens is 536 g/mol. The summed E-state index contributed by atoms with van der Waals surface area (Å²) in [6.07, 6.45) is 2.10. The molecule has 0 unspecified atom stereocenters. The van der Waals surface area contributed by atoms with Crippen molar-refractivity contribution in [1.29, 1.82) is 0 Å². The average molecular weight is 575 g/mol. The van der Waals surface area contributed by atoms with Gasteiger partial charge in [0.25, 0.3) is 0 Å². The third-order valence-electron chi connectivity index (χ3n) is 7.77. The van der Waals surface area contributed by atoms with Crippen molar-refractivity contribution in [2.45, 2.75) is 59.3 Å². The van der Waals surface area contributed by atoms with Crippen LogP contribution in [0.5, 0.6) is 0 Å². The Bertz CT molecular complexity index is 1620. The molecule has 43 heavy (non-hydrogen) atoms. The van der Waals surface area contributed by atoms with Crippen molar-refractivity contribution in [3.63, 3.8) is 0 Å². The van der Waals surface area contributed by atoms with Crippen molar-refractivity contribution < 1.29 is 19.3 Å². The van der Waals surface area contributed by atoms with Gasteiger partial charge in [-0.15, -0.1) is 0 Å². The summed E-state index contributed by atoms with van der Waals surface area (Å²) in [6.45, 7) is 10.2. The highest BCUT2D eigenvalue weighted by molar-refractivity contribution is 6.12. The van der Waals surface area contributed by atoms with Gasteiger partial charge in [0.1, 0.15) is 0 Å². The molecule has 1 aliphatic carbocycles. The maximum atomic E-state index is 12.7. The third kappa shape index (κ3) is 6.64. The Labute approximate surface area is 254 Å². The summed E-state index contributed by atoms with van der Waals surface area (Å²) in [6, 6.07) is 32.2. The molecule has 0 aliphatic heterocycles. The smallest absolute Gasteiger partial charge is 0.313 e. The van der Waals surface area contributed by atoms with Gasteiger partial charge in [0.05, 0.1) is 22.6 Å². The van der Waals surface area contributed by atoms with E-state index in [1.54, 1.807) is 55.5 Å². The summed E-state index contributed by atoms with van der Waals surface area (Å²) in [5.74, 6) is -1.11. The molecule has 0 saturated heterocycles. The lowest BCUT2D eigenvalue weighted by atomic mass is 9.73. The van der Waals surface area contributed by atoms with E-state index in [9.17, 15) is 9.59 Å². The van der Waals surface area contributed by atoms with E-state index in [4.69, 9.17) is 9.68 Å². The van der Waals surface area contributed by atoms with E-state index in [0.29, 0.717) is 22.6 Å². The second-order valence-corrected chi connectivity index (χ2v) is 10.1. The molecule has 6 nitrogen and oxygen atoms in total. The zero-order valence-corrected chi connectivity index (χ0v) is 25.5. The number of hydrogen-bond donors (Lipinski definition) is 0. The van der Waals surface area contributed by atoms with E-state index in [1.807, 2.05) is 32.0 Å². The molecule has 4 aromatic carbocycles. The number of hydrogen-bond acceptors (Lipinski definition) is 6. The zero-order valence-electron chi connectivity index (χ0n) is 25.5. The summed E-state index contributed by atoms with van der Waals surface area (Å²) in [7, 11) is 0. The summed E-state index contributed by atoms with van der Waals surface area (Å²) >= 11 is 0. The molecule has 0 heterocycles. The van der Waals surface area contributed by atoms with Crippen LogP contribution in [0.3, 0.4) is 0 Å². The van der Waals surface area contributed by atoms with Crippen LogP contribution in [-0.4, -0.2) is 23.4 Å². The molecule has 1 aliphatic rings. The molecule has 0 spiro atoms. The minimum Gasteiger partial charge on any atom is -0.313 e. The fourth-order valence-corrected chi connectivity index (χ4v) is 5.58. The van der Waals surface area contributed by atoms with Gasteiger partial charge in [0.2, 0.25) is 0 Å². The Morgan fingerprint density at radius 2 is 1.14 bits per heavy atom. The molecule has 0 radical (unpaired) electrons. The summed E-state index contributed by atoms with van der Waals surface area (Å²) in [5.41, 5.74) is 7.52. The quantitative estimate of drug-likeness (QED) is 0.114. The number of carbonyl (C=O) groups excluding carboxylic acids is 2. The molecule has 0 aromatic heterocycles. The first-order valence-corrected chi connectivity index (χ1v) is 14.8. The van der Waals surface area contributed by atoms with Crippen molar-refractivity contribution in [3.8, 4) is 11.1 Å². The molecule has 4 aromatic rings. The van der Waals surface area contributed by atoms with E-state index < -0.39 is 11.9 Å². The third-order valence-corrected chi connectivity index (χ3v) is 7.77. The van der Waals surface area contributed by atoms with Gasteiger partial charge in [0, 0.05) is 17.4 Å². The SMILES string of the molecule is CC.CCC1(CC)c2ccccc2-c2ccc(/C(C/C(C)=N/OC(=O)c3ccccc3)=N/OC(=O)c3ccccc3)cc21. The highest BCUT2D eigenvalue weighted by Crippen LogP contribution is 2.52. The van der Waals surface area contributed by atoms with Crippen molar-refractivity contribution in [3.05, 3.63) is 131 Å². The summed E-state index contributed by atoms with van der Waals surface area (Å²) in [5, 5.41) is 8.38. The molecule has 0 N–H and O–H groups in total. The number of rotatable bonds is 9. The van der Waals surface area contributed by atoms with Crippen LogP contribution in [0.15, 0.2) is 113 Å². The van der Waals surface area contributed by atoms with Crippen LogP contribution in [0.1, 0.15) is 91.3 Å². The number of carbonyl (C=O) groups is 2. The van der Waals surface area contributed by atoms with Crippen LogP contribution in [0.25, 0.3) is 11.1 Å². The molecule has 0 atom stereocenters. The van der Waals surface area contributed by atoms with E-state index in [-0.39, 0.29) is 11.8 Å². The first kappa shape index (κ1) is 31.1. The number of nitrogens with zero attached hydrogens (tertiary/aromatic N) is 2. The normalized spacial score (nSPS) is 13.2. The van der Waals surface area contributed by atoms with Crippen LogP contribution in [0.4, 0.5) is 0 Å². The van der Waals surface area contributed by atoms with Crippen LogP contribution < -0.4 is 0 Å². The van der Waals surface area contributed by atoms with E-state index in [1.165, 1.54) is 22.3 Å². The van der Waals surface area contributed by atoms with Crippen molar-refractivity contribution in [2.75, 3.05) is 0 Å². The zero-order chi connectivity index (χ0) is 30.8. The number of oxime groups is 2. The van der Waals surface area contributed by atoms with Gasteiger partial charge in [0.15, 0.2) is 0 Å². The predicted molar refractivity (Wildman–Crippen MR) is 173 cm³/mol. The summed E-state index contributed by atoms with van der Waals surface area (Å²) in [4.78, 5) is 35.8. The highest BCUT2D eigenvalue weighted by atomic mass is 16.7. The molecule has 0 amide bonds. The second kappa shape index (κ2) is 14.4. The summed E-state index contributed by atoms with van der Waals surface area (Å²) < 4.78 is 0. The lowest BCUT2D eigenvalue weighted by molar-refractivity contribution is 0.0510. The average Bonchev–Trinajstić information content (AvgIpc) is 3.36. The topological polar surface area (TPSA) is 77.3 Å². The fraction of sp³-hybridized carbons (Fsp3) is 0.243. The van der Waals surface area contributed by atoms with Gasteiger partial charge < -0.3 is 9.68 Å². The Morgan fingerprint density at radius 1 is 0.628 bits per heavy atom. The lowest BCUT2D eigenvalue weighted by Gasteiger charge is -2.30. The second-order valence-electron chi connectivity index (χ2n) is 10.1. The largest absolute Gasteiger partial charge is 0.365 e. The highest BCUT2D eigenvalue weighted by Gasteiger charge is 2.40. The fourth-order valence-electron chi connectivity index (χ4n) is 5.58. The van der Waals surface area contributed by atoms with Crippen LogP contribution in [-0.2, 0) is 15.1 Å². The molecule has 0 bridgehead atoms. The predicted octanol–water partition coefficient (Wildman–Crippen LogP) is 8.98. The molecule has 0 fully saturated rings. The number of benzene rings is 4. The minimum atomic E-state index is -0.557. The Morgan fingerprint density at radius 3 is 1.72 bits per heavy atom. The van der Waals surface area contributed by atoms with Gasteiger partial charge in [-0.05, 0) is 72.4 Å². The minimum absolute atomic E-state index is 0.123. The Kier molecular flexibility index (Phi) is 10.4. The first-order chi connectivity index (χ1) is 21.0. The first-order valence-electron chi connectivity index (χ1n) is 14.8. The van der Waals surface area contributed by atoms with E-state index in [2.05, 4.69) is 60.6 Å². The van der Waals surface area contributed by atoms with Crippen molar-refractivity contribution in [2.24, 2.45) is 10.3 Å². The van der Waals surface area contributed by atoms with Gasteiger partial charge in [-0.3, -0.25) is 0 Å². The molecule has 6 heteroatoms. The van der Waals surface area contributed by atoms with Crippen LogP contribution >= 0.6 is 0 Å². The monoisotopic (exact) mass is 574 g/mol. The van der Waals surface area contributed by atoms with Gasteiger partial charge in [-0.1, -0.05) is 111 Å².